The van der Waals surface area contributed by atoms with Gasteiger partial charge in [-0.15, -0.1) is 23.5 Å². The molecule has 5 aromatic carbocycles. The van der Waals surface area contributed by atoms with E-state index >= 15 is 0 Å². The Morgan fingerprint density at radius 3 is 1.59 bits per heavy atom. The van der Waals surface area contributed by atoms with Crippen molar-refractivity contribution in [2.24, 2.45) is 0 Å². The molecular formula is C29H22OS2. The molecule has 3 heteroatoms. The van der Waals surface area contributed by atoms with Gasteiger partial charge in [0.1, 0.15) is 6.10 Å². The van der Waals surface area contributed by atoms with Gasteiger partial charge in [0.2, 0.25) is 0 Å². The lowest BCUT2D eigenvalue weighted by Crippen LogP contribution is -2.25. The molecule has 156 valence electrons. The second-order valence-electron chi connectivity index (χ2n) is 8.35. The van der Waals surface area contributed by atoms with Gasteiger partial charge in [-0.05, 0) is 46.2 Å². The highest BCUT2D eigenvalue weighted by atomic mass is 32.2. The maximum absolute atomic E-state index is 11.6. The van der Waals surface area contributed by atoms with Crippen LogP contribution in [0, 0.1) is 0 Å². The highest BCUT2D eigenvalue weighted by molar-refractivity contribution is 8.18. The summed E-state index contributed by atoms with van der Waals surface area (Å²) in [6.45, 7) is 2.17. The predicted octanol–water partition coefficient (Wildman–Crippen LogP) is 8.31. The Labute approximate surface area is 196 Å². The van der Waals surface area contributed by atoms with Crippen LogP contribution < -0.4 is 0 Å². The van der Waals surface area contributed by atoms with Crippen molar-refractivity contribution in [2.45, 2.75) is 26.9 Å². The average molecular weight is 451 g/mol. The van der Waals surface area contributed by atoms with Crippen LogP contribution in [-0.2, 0) is 0 Å². The van der Waals surface area contributed by atoms with Gasteiger partial charge < -0.3 is 5.11 Å². The molecule has 0 aliphatic carbocycles. The molecule has 1 N–H and O–H groups in total. The predicted molar refractivity (Wildman–Crippen MR) is 138 cm³/mol. The quantitative estimate of drug-likeness (QED) is 0.292. The third kappa shape index (κ3) is 3.15. The Morgan fingerprint density at radius 2 is 1.06 bits per heavy atom. The third-order valence-corrected chi connectivity index (χ3v) is 9.15. The van der Waals surface area contributed by atoms with Gasteiger partial charge in [-0.3, -0.25) is 0 Å². The van der Waals surface area contributed by atoms with Crippen molar-refractivity contribution in [1.29, 1.82) is 0 Å². The summed E-state index contributed by atoms with van der Waals surface area (Å²) in [5.74, 6) is 0. The average Bonchev–Trinajstić information content (AvgIpc) is 2.98. The van der Waals surface area contributed by atoms with Gasteiger partial charge in [-0.1, -0.05) is 91.0 Å². The molecule has 0 saturated carbocycles. The molecule has 0 spiro atoms. The van der Waals surface area contributed by atoms with Gasteiger partial charge in [0.05, 0.1) is 4.08 Å². The summed E-state index contributed by atoms with van der Waals surface area (Å²) in [7, 11) is 0. The molecule has 0 bridgehead atoms. The van der Waals surface area contributed by atoms with Crippen molar-refractivity contribution in [3.05, 3.63) is 109 Å². The van der Waals surface area contributed by atoms with Crippen LogP contribution in [0.5, 0.6) is 0 Å². The number of thioether (sulfide) groups is 2. The molecule has 1 aliphatic heterocycles. The molecule has 0 radical (unpaired) electrons. The van der Waals surface area contributed by atoms with Crippen LogP contribution >= 0.6 is 23.5 Å². The molecule has 1 nitrogen and oxygen atoms in total. The first-order valence-electron chi connectivity index (χ1n) is 10.8. The lowest BCUT2D eigenvalue weighted by atomic mass is 9.94. The van der Waals surface area contributed by atoms with E-state index in [1.54, 1.807) is 23.5 Å². The molecule has 5 aromatic rings. The SMILES string of the molecule is CC1([C@H](O)c2ccccc2)Sc2ccc3ccccc3c2-c2c(ccc3ccccc23)S1. The number of benzene rings is 5. The highest BCUT2D eigenvalue weighted by Crippen LogP contribution is 2.60. The van der Waals surface area contributed by atoms with E-state index < -0.39 is 10.2 Å². The van der Waals surface area contributed by atoms with Crippen molar-refractivity contribution in [1.82, 2.24) is 0 Å². The van der Waals surface area contributed by atoms with E-state index in [1.807, 2.05) is 30.3 Å². The van der Waals surface area contributed by atoms with Gasteiger partial charge in [0.25, 0.3) is 0 Å². The minimum atomic E-state index is -0.615. The van der Waals surface area contributed by atoms with Crippen molar-refractivity contribution >= 4 is 45.1 Å². The number of rotatable bonds is 2. The molecule has 0 fully saturated rings. The topological polar surface area (TPSA) is 20.2 Å². The first-order valence-corrected chi connectivity index (χ1v) is 12.4. The smallest absolute Gasteiger partial charge is 0.103 e. The molecule has 0 aromatic heterocycles. The van der Waals surface area contributed by atoms with Gasteiger partial charge in [0.15, 0.2) is 0 Å². The number of hydrogen-bond donors (Lipinski definition) is 1. The Hall–Kier alpha value is -2.72. The van der Waals surface area contributed by atoms with Crippen LogP contribution in [0.2, 0.25) is 0 Å². The summed E-state index contributed by atoms with van der Waals surface area (Å²) in [4.78, 5) is 2.42. The summed E-state index contributed by atoms with van der Waals surface area (Å²) in [6.07, 6.45) is -0.615. The standard InChI is InChI=1S/C29H22OS2/c1-29(28(30)21-11-3-2-4-12-21)31-24-17-15-19-9-5-7-13-22(19)26(24)27-23-14-8-6-10-20(23)16-18-25(27)32-29/h2-18,28,30H,1H3/t28-/m1/s1. The van der Waals surface area contributed by atoms with Crippen molar-refractivity contribution < 1.29 is 5.11 Å². The number of hydrogen-bond acceptors (Lipinski definition) is 3. The largest absolute Gasteiger partial charge is 0.386 e. The lowest BCUT2D eigenvalue weighted by molar-refractivity contribution is 0.169. The molecule has 0 amide bonds. The molecule has 0 unspecified atom stereocenters. The fourth-order valence-corrected chi connectivity index (χ4v) is 7.67. The monoisotopic (exact) mass is 450 g/mol. The fourth-order valence-electron chi connectivity index (χ4n) is 4.70. The van der Waals surface area contributed by atoms with Crippen LogP contribution in [-0.4, -0.2) is 9.19 Å². The van der Waals surface area contributed by atoms with E-state index in [9.17, 15) is 5.11 Å². The van der Waals surface area contributed by atoms with Crippen LogP contribution in [0.1, 0.15) is 18.6 Å². The summed E-state index contributed by atoms with van der Waals surface area (Å²) in [6, 6.07) is 36.1. The Morgan fingerprint density at radius 1 is 0.594 bits per heavy atom. The molecule has 6 rings (SSSR count). The minimum Gasteiger partial charge on any atom is -0.386 e. The zero-order chi connectivity index (χ0) is 21.7. The maximum Gasteiger partial charge on any atom is 0.103 e. The van der Waals surface area contributed by atoms with E-state index in [2.05, 4.69) is 79.7 Å². The zero-order valence-electron chi connectivity index (χ0n) is 17.7. The second-order valence-corrected chi connectivity index (χ2v) is 11.6. The van der Waals surface area contributed by atoms with E-state index in [1.165, 1.54) is 42.5 Å². The number of aliphatic hydroxyl groups is 1. The minimum absolute atomic E-state index is 0.480. The summed E-state index contributed by atoms with van der Waals surface area (Å²) >= 11 is 3.55. The van der Waals surface area contributed by atoms with Gasteiger partial charge in [0, 0.05) is 20.9 Å². The van der Waals surface area contributed by atoms with Crippen LogP contribution in [0.25, 0.3) is 32.7 Å². The summed E-state index contributed by atoms with van der Waals surface area (Å²) < 4.78 is -0.480. The van der Waals surface area contributed by atoms with E-state index in [-0.39, 0.29) is 0 Å². The fraction of sp³-hybridized carbons (Fsp3) is 0.103. The Bertz CT molecular complexity index is 1370. The van der Waals surface area contributed by atoms with Crippen LogP contribution in [0.15, 0.2) is 113 Å². The molecule has 1 heterocycles. The Balaban J connectivity index is 1.67. The third-order valence-electron chi connectivity index (χ3n) is 6.27. The second kappa shape index (κ2) is 7.70. The molecular weight excluding hydrogens is 428 g/mol. The lowest BCUT2D eigenvalue weighted by Gasteiger charge is -2.33. The van der Waals surface area contributed by atoms with Crippen molar-refractivity contribution in [3.8, 4) is 11.1 Å². The Kier molecular flexibility index (Phi) is 4.80. The van der Waals surface area contributed by atoms with Crippen LogP contribution in [0.3, 0.4) is 0 Å². The maximum atomic E-state index is 11.6. The number of aliphatic hydroxyl groups excluding tert-OH is 1. The number of fused-ring (bicyclic) bond motifs is 7. The van der Waals surface area contributed by atoms with Gasteiger partial charge in [-0.2, -0.15) is 0 Å². The molecule has 0 saturated heterocycles. The summed E-state index contributed by atoms with van der Waals surface area (Å²) in [5, 5.41) is 16.6. The van der Waals surface area contributed by atoms with Gasteiger partial charge >= 0.3 is 0 Å². The van der Waals surface area contributed by atoms with Crippen molar-refractivity contribution in [2.75, 3.05) is 0 Å². The van der Waals surface area contributed by atoms with E-state index in [0.717, 1.165) is 5.56 Å². The van der Waals surface area contributed by atoms with Crippen LogP contribution in [0.4, 0.5) is 0 Å². The van der Waals surface area contributed by atoms with E-state index in [0.29, 0.717) is 0 Å². The normalized spacial score (nSPS) is 15.7. The van der Waals surface area contributed by atoms with Gasteiger partial charge in [-0.25, -0.2) is 0 Å². The molecule has 1 atom stereocenters. The highest BCUT2D eigenvalue weighted by Gasteiger charge is 2.40. The summed E-state index contributed by atoms with van der Waals surface area (Å²) in [5.41, 5.74) is 3.49. The molecule has 32 heavy (non-hydrogen) atoms. The van der Waals surface area contributed by atoms with E-state index in [4.69, 9.17) is 0 Å². The first kappa shape index (κ1) is 19.9. The van der Waals surface area contributed by atoms with Crippen molar-refractivity contribution in [3.63, 3.8) is 0 Å². The molecule has 1 aliphatic rings. The first-order chi connectivity index (χ1) is 15.6. The zero-order valence-corrected chi connectivity index (χ0v) is 19.3.